The summed E-state index contributed by atoms with van der Waals surface area (Å²) in [7, 11) is 0. The van der Waals surface area contributed by atoms with E-state index in [0.717, 1.165) is 18.7 Å². The number of likely N-dealkylation sites (tertiary alicyclic amines) is 1. The number of rotatable bonds is 6. The van der Waals surface area contributed by atoms with Gasteiger partial charge >= 0.3 is 0 Å². The molecule has 2 aliphatic rings. The van der Waals surface area contributed by atoms with E-state index in [4.69, 9.17) is 9.47 Å². The minimum absolute atomic E-state index is 0.125. The van der Waals surface area contributed by atoms with Gasteiger partial charge in [0, 0.05) is 38.0 Å². The van der Waals surface area contributed by atoms with Gasteiger partial charge in [0.1, 0.15) is 18.8 Å². The Hall–Kier alpha value is -3.43. The van der Waals surface area contributed by atoms with Gasteiger partial charge in [0.15, 0.2) is 17.3 Å². The van der Waals surface area contributed by atoms with E-state index in [1.54, 1.807) is 17.2 Å². The predicted octanol–water partition coefficient (Wildman–Crippen LogP) is 1.56. The molecular weight excluding hydrogens is 386 g/mol. The molecule has 1 saturated heterocycles. The molecule has 1 aromatic carbocycles. The maximum absolute atomic E-state index is 12.7. The van der Waals surface area contributed by atoms with Crippen molar-refractivity contribution in [1.29, 1.82) is 0 Å². The van der Waals surface area contributed by atoms with E-state index in [0.29, 0.717) is 49.9 Å². The van der Waals surface area contributed by atoms with E-state index in [1.165, 1.54) is 0 Å². The van der Waals surface area contributed by atoms with Gasteiger partial charge in [-0.1, -0.05) is 0 Å². The Morgan fingerprint density at radius 2 is 2.03 bits per heavy atom. The van der Waals surface area contributed by atoms with Crippen LogP contribution in [0.25, 0.3) is 5.69 Å². The molecule has 1 amide bonds. The molecule has 10 heteroatoms. The van der Waals surface area contributed by atoms with Gasteiger partial charge in [-0.25, -0.2) is 4.98 Å². The van der Waals surface area contributed by atoms with E-state index in [-0.39, 0.29) is 5.91 Å². The van der Waals surface area contributed by atoms with Crippen molar-refractivity contribution in [1.82, 2.24) is 34.7 Å². The van der Waals surface area contributed by atoms with Crippen LogP contribution in [0.4, 0.5) is 0 Å². The summed E-state index contributed by atoms with van der Waals surface area (Å²) in [5.74, 6) is 2.15. The number of carbonyl (C=O) groups is 1. The zero-order valence-corrected chi connectivity index (χ0v) is 16.8. The van der Waals surface area contributed by atoms with Crippen molar-refractivity contribution in [3.63, 3.8) is 0 Å². The monoisotopic (exact) mass is 409 g/mol. The lowest BCUT2D eigenvalue weighted by Gasteiger charge is -2.34. The average molecular weight is 409 g/mol. The molecule has 30 heavy (non-hydrogen) atoms. The highest BCUT2D eigenvalue weighted by Crippen LogP contribution is 2.39. The van der Waals surface area contributed by atoms with Crippen molar-refractivity contribution >= 4 is 5.91 Å². The van der Waals surface area contributed by atoms with Crippen molar-refractivity contribution in [2.75, 3.05) is 19.8 Å². The van der Waals surface area contributed by atoms with Crippen LogP contribution < -0.4 is 9.47 Å². The lowest BCUT2D eigenvalue weighted by molar-refractivity contribution is -0.131. The lowest BCUT2D eigenvalue weighted by Crippen LogP contribution is -2.43. The first-order valence-corrected chi connectivity index (χ1v) is 10.1. The van der Waals surface area contributed by atoms with Crippen molar-refractivity contribution in [2.45, 2.75) is 38.3 Å². The summed E-state index contributed by atoms with van der Waals surface area (Å²) in [5, 5.41) is 12.5. The molecule has 0 spiro atoms. The molecule has 10 nitrogen and oxygen atoms in total. The zero-order valence-electron chi connectivity index (χ0n) is 16.8. The lowest BCUT2D eigenvalue weighted by atomic mass is 9.97. The van der Waals surface area contributed by atoms with E-state index >= 15 is 0 Å². The fraction of sp³-hybridized carbons (Fsp3) is 0.450. The fourth-order valence-electron chi connectivity index (χ4n) is 4.19. The molecule has 5 rings (SSSR count). The molecule has 4 heterocycles. The van der Waals surface area contributed by atoms with Crippen LogP contribution in [-0.2, 0) is 16.9 Å². The second-order valence-corrected chi connectivity index (χ2v) is 7.72. The Morgan fingerprint density at radius 3 is 2.87 bits per heavy atom. The number of aromatic nitrogens is 6. The number of fused-ring (bicyclic) bond motifs is 1. The highest BCUT2D eigenvalue weighted by molar-refractivity contribution is 5.79. The van der Waals surface area contributed by atoms with E-state index < -0.39 is 5.54 Å². The highest BCUT2D eigenvalue weighted by Gasteiger charge is 2.46. The van der Waals surface area contributed by atoms with E-state index in [9.17, 15) is 4.79 Å². The first kappa shape index (κ1) is 18.6. The largest absolute Gasteiger partial charge is 0.486 e. The Kier molecular flexibility index (Phi) is 4.61. The third kappa shape index (κ3) is 3.17. The number of aryl methyl sites for hydroxylation is 1. The van der Waals surface area contributed by atoms with Crippen LogP contribution in [0.5, 0.6) is 11.5 Å². The Morgan fingerprint density at radius 1 is 1.17 bits per heavy atom. The SMILES string of the molecule is CC1(c2nnnn2-c2ccc3c(c2)OCCO3)CCC(=O)N1CCCn1ccnc1. The second-order valence-electron chi connectivity index (χ2n) is 7.72. The number of hydrogen-bond donors (Lipinski definition) is 0. The normalized spacial score (nSPS) is 20.7. The molecule has 0 radical (unpaired) electrons. The molecule has 1 unspecified atom stereocenters. The number of hydrogen-bond acceptors (Lipinski definition) is 7. The summed E-state index contributed by atoms with van der Waals surface area (Å²) >= 11 is 0. The number of tetrazole rings is 1. The summed E-state index contributed by atoms with van der Waals surface area (Å²) in [6, 6.07) is 5.63. The van der Waals surface area contributed by atoms with Gasteiger partial charge in [-0.15, -0.1) is 5.10 Å². The summed E-state index contributed by atoms with van der Waals surface area (Å²) in [4.78, 5) is 18.7. The van der Waals surface area contributed by atoms with Gasteiger partial charge in [-0.2, -0.15) is 4.68 Å². The molecule has 0 N–H and O–H groups in total. The average Bonchev–Trinajstić information content (AvgIpc) is 3.51. The summed E-state index contributed by atoms with van der Waals surface area (Å²) < 4.78 is 15.0. The molecule has 3 aromatic rings. The molecule has 156 valence electrons. The second kappa shape index (κ2) is 7.43. The van der Waals surface area contributed by atoms with E-state index in [2.05, 4.69) is 20.5 Å². The Bertz CT molecular complexity index is 1050. The molecule has 2 aliphatic heterocycles. The van der Waals surface area contributed by atoms with Gasteiger partial charge in [0.25, 0.3) is 0 Å². The van der Waals surface area contributed by atoms with Gasteiger partial charge in [0.05, 0.1) is 12.0 Å². The fourth-order valence-corrected chi connectivity index (χ4v) is 4.19. The van der Waals surface area contributed by atoms with E-state index in [1.807, 2.05) is 40.8 Å². The highest BCUT2D eigenvalue weighted by atomic mass is 16.6. The summed E-state index contributed by atoms with van der Waals surface area (Å²) in [5.41, 5.74) is 0.196. The molecule has 2 aromatic heterocycles. The maximum Gasteiger partial charge on any atom is 0.223 e. The van der Waals surface area contributed by atoms with Crippen molar-refractivity contribution in [2.24, 2.45) is 0 Å². The number of amides is 1. The molecule has 0 aliphatic carbocycles. The van der Waals surface area contributed by atoms with Crippen LogP contribution in [0.3, 0.4) is 0 Å². The standard InChI is InChI=1S/C20H23N7O3/c1-20(6-5-18(28)26(20)9-2-8-25-10-7-21-14-25)19-22-23-24-27(19)15-3-4-16-17(13-15)30-12-11-29-16/h3-4,7,10,13-14H,2,5-6,8-9,11-12H2,1H3. The van der Waals surface area contributed by atoms with Gasteiger partial charge < -0.3 is 18.9 Å². The predicted molar refractivity (Wildman–Crippen MR) is 105 cm³/mol. The smallest absolute Gasteiger partial charge is 0.223 e. The zero-order chi connectivity index (χ0) is 20.6. The van der Waals surface area contributed by atoms with Crippen LogP contribution in [0.15, 0.2) is 36.9 Å². The van der Waals surface area contributed by atoms with Crippen molar-refractivity contribution in [3.05, 3.63) is 42.7 Å². The third-order valence-corrected chi connectivity index (χ3v) is 5.80. The molecule has 1 fully saturated rings. The molecule has 0 bridgehead atoms. The quantitative estimate of drug-likeness (QED) is 0.609. The number of ether oxygens (including phenoxy) is 2. The number of imidazole rings is 1. The van der Waals surface area contributed by atoms with Gasteiger partial charge in [-0.3, -0.25) is 4.79 Å². The maximum atomic E-state index is 12.7. The van der Waals surface area contributed by atoms with Crippen LogP contribution in [-0.4, -0.2) is 60.3 Å². The minimum Gasteiger partial charge on any atom is -0.486 e. The first-order valence-electron chi connectivity index (χ1n) is 10.1. The minimum atomic E-state index is -0.581. The molecule has 1 atom stereocenters. The number of nitrogens with zero attached hydrogens (tertiary/aromatic N) is 7. The van der Waals surface area contributed by atoms with Crippen LogP contribution in [0.2, 0.25) is 0 Å². The van der Waals surface area contributed by atoms with Gasteiger partial charge in [-0.05, 0) is 42.3 Å². The topological polar surface area (TPSA) is 100 Å². The van der Waals surface area contributed by atoms with Crippen LogP contribution in [0.1, 0.15) is 32.0 Å². The Labute approximate surface area is 173 Å². The number of carbonyl (C=O) groups excluding carboxylic acids is 1. The summed E-state index contributed by atoms with van der Waals surface area (Å²) in [6.07, 6.45) is 7.44. The van der Waals surface area contributed by atoms with Crippen molar-refractivity contribution in [3.8, 4) is 17.2 Å². The van der Waals surface area contributed by atoms with Crippen LogP contribution >= 0.6 is 0 Å². The summed E-state index contributed by atoms with van der Waals surface area (Å²) in [6.45, 7) is 4.51. The van der Waals surface area contributed by atoms with Crippen molar-refractivity contribution < 1.29 is 14.3 Å². The number of benzene rings is 1. The van der Waals surface area contributed by atoms with Gasteiger partial charge in [0.2, 0.25) is 5.91 Å². The first-order chi connectivity index (χ1) is 14.6. The molecular formula is C20H23N7O3. The van der Waals surface area contributed by atoms with Crippen LogP contribution in [0, 0.1) is 0 Å². The Balaban J connectivity index is 1.41. The third-order valence-electron chi connectivity index (χ3n) is 5.80. The molecule has 0 saturated carbocycles.